The van der Waals surface area contributed by atoms with E-state index < -0.39 is 0 Å². The molecule has 88 valence electrons. The van der Waals surface area contributed by atoms with Gasteiger partial charge in [0.1, 0.15) is 11.6 Å². The monoisotopic (exact) mass is 224 g/mol. The minimum atomic E-state index is -0.257. The Morgan fingerprint density at radius 3 is 2.94 bits per heavy atom. The maximum Gasteiger partial charge on any atom is 0.128 e. The van der Waals surface area contributed by atoms with E-state index in [1.807, 2.05) is 7.05 Å². The van der Waals surface area contributed by atoms with Crippen molar-refractivity contribution in [3.63, 3.8) is 0 Å². The molecule has 2 unspecified atom stereocenters. The Labute approximate surface area is 94.7 Å². The van der Waals surface area contributed by atoms with Gasteiger partial charge in [0.05, 0.1) is 0 Å². The lowest BCUT2D eigenvalue weighted by Crippen LogP contribution is -2.21. The lowest BCUT2D eigenvalue weighted by Gasteiger charge is -2.20. The van der Waals surface area contributed by atoms with Crippen LogP contribution in [-0.4, -0.2) is 30.1 Å². The van der Waals surface area contributed by atoms with Gasteiger partial charge < -0.3 is 10.8 Å². The summed E-state index contributed by atoms with van der Waals surface area (Å²) in [6, 6.07) is 4.22. The molecule has 1 saturated heterocycles. The minimum Gasteiger partial charge on any atom is -0.508 e. The fourth-order valence-electron chi connectivity index (χ4n) is 2.43. The number of nitrogens with zero attached hydrogens (tertiary/aromatic N) is 1. The zero-order valence-electron chi connectivity index (χ0n) is 9.36. The Morgan fingerprint density at radius 1 is 1.56 bits per heavy atom. The first-order valence-electron chi connectivity index (χ1n) is 5.50. The molecule has 1 fully saturated rings. The van der Waals surface area contributed by atoms with Gasteiger partial charge in [0.15, 0.2) is 0 Å². The number of halogens is 1. The maximum absolute atomic E-state index is 13.7. The van der Waals surface area contributed by atoms with E-state index in [2.05, 4.69) is 4.90 Å². The number of phenolic OH excluding ortho intramolecular Hbond substituents is 1. The first-order chi connectivity index (χ1) is 7.61. The van der Waals surface area contributed by atoms with Crippen LogP contribution < -0.4 is 5.73 Å². The fraction of sp³-hybridized carbons (Fsp3) is 0.500. The van der Waals surface area contributed by atoms with Crippen LogP contribution in [0.3, 0.4) is 0 Å². The van der Waals surface area contributed by atoms with Crippen LogP contribution in [0.1, 0.15) is 18.0 Å². The van der Waals surface area contributed by atoms with Gasteiger partial charge in [-0.2, -0.15) is 0 Å². The number of likely N-dealkylation sites (tertiary alicyclic amines) is 1. The quantitative estimate of drug-likeness (QED) is 0.800. The van der Waals surface area contributed by atoms with Crippen LogP contribution >= 0.6 is 0 Å². The molecule has 0 aliphatic carbocycles. The van der Waals surface area contributed by atoms with E-state index in [1.165, 1.54) is 18.2 Å². The van der Waals surface area contributed by atoms with Crippen molar-refractivity contribution >= 4 is 0 Å². The molecular weight excluding hydrogens is 207 g/mol. The zero-order chi connectivity index (χ0) is 11.7. The molecule has 0 amide bonds. The van der Waals surface area contributed by atoms with Crippen LogP contribution in [0, 0.1) is 11.7 Å². The predicted octanol–water partition coefficient (Wildman–Crippen LogP) is 1.48. The Kier molecular flexibility index (Phi) is 3.12. The third-order valence-corrected chi connectivity index (χ3v) is 3.31. The van der Waals surface area contributed by atoms with E-state index in [0.29, 0.717) is 18.0 Å². The van der Waals surface area contributed by atoms with Crippen molar-refractivity contribution in [1.82, 2.24) is 4.90 Å². The Balaban J connectivity index is 2.27. The van der Waals surface area contributed by atoms with Crippen LogP contribution in [0.15, 0.2) is 18.2 Å². The van der Waals surface area contributed by atoms with Crippen LogP contribution in [-0.2, 0) is 0 Å². The average Bonchev–Trinajstić information content (AvgIpc) is 2.63. The highest BCUT2D eigenvalue weighted by atomic mass is 19.1. The normalized spacial score (nSPS) is 26.2. The van der Waals surface area contributed by atoms with Gasteiger partial charge in [-0.3, -0.25) is 4.90 Å². The molecule has 0 saturated carbocycles. The van der Waals surface area contributed by atoms with E-state index in [0.717, 1.165) is 13.0 Å². The molecular formula is C12H17FN2O. The van der Waals surface area contributed by atoms with Gasteiger partial charge in [0, 0.05) is 18.2 Å². The van der Waals surface area contributed by atoms with Crippen molar-refractivity contribution in [1.29, 1.82) is 0 Å². The molecule has 16 heavy (non-hydrogen) atoms. The first-order valence-corrected chi connectivity index (χ1v) is 5.50. The fourth-order valence-corrected chi connectivity index (χ4v) is 2.43. The second-order valence-corrected chi connectivity index (χ2v) is 4.50. The number of benzene rings is 1. The van der Waals surface area contributed by atoms with Crippen LogP contribution in [0.2, 0.25) is 0 Å². The molecule has 4 heteroatoms. The summed E-state index contributed by atoms with van der Waals surface area (Å²) in [6.07, 6.45) is 0.855. The van der Waals surface area contributed by atoms with Crippen molar-refractivity contribution in [3.05, 3.63) is 29.6 Å². The van der Waals surface area contributed by atoms with E-state index in [4.69, 9.17) is 5.73 Å². The van der Waals surface area contributed by atoms with Crippen molar-refractivity contribution in [2.45, 2.75) is 12.5 Å². The second kappa shape index (κ2) is 4.39. The van der Waals surface area contributed by atoms with Gasteiger partial charge >= 0.3 is 0 Å². The van der Waals surface area contributed by atoms with E-state index in [9.17, 15) is 9.50 Å². The van der Waals surface area contributed by atoms with E-state index in [-0.39, 0.29) is 17.6 Å². The summed E-state index contributed by atoms with van der Waals surface area (Å²) in [5.41, 5.74) is 6.20. The van der Waals surface area contributed by atoms with Crippen LogP contribution in [0.4, 0.5) is 4.39 Å². The molecule has 0 spiro atoms. The van der Waals surface area contributed by atoms with Crippen LogP contribution in [0.25, 0.3) is 0 Å². The van der Waals surface area contributed by atoms with Gasteiger partial charge in [-0.25, -0.2) is 4.39 Å². The molecule has 0 bridgehead atoms. The summed E-state index contributed by atoms with van der Waals surface area (Å²) in [6.45, 7) is 1.51. The Bertz CT molecular complexity index is 383. The van der Waals surface area contributed by atoms with E-state index in [1.54, 1.807) is 0 Å². The Morgan fingerprint density at radius 2 is 2.31 bits per heavy atom. The highest BCUT2D eigenvalue weighted by Crippen LogP contribution is 2.36. The van der Waals surface area contributed by atoms with Gasteiger partial charge in [-0.15, -0.1) is 0 Å². The third kappa shape index (κ3) is 2.03. The number of nitrogens with two attached hydrogens (primary N) is 1. The molecule has 2 rings (SSSR count). The highest BCUT2D eigenvalue weighted by Gasteiger charge is 2.31. The summed E-state index contributed by atoms with van der Waals surface area (Å²) < 4.78 is 13.7. The maximum atomic E-state index is 13.7. The SMILES string of the molecule is CN1CC(CN)CC1c1cc(O)ccc1F. The second-order valence-electron chi connectivity index (χ2n) is 4.50. The zero-order valence-corrected chi connectivity index (χ0v) is 9.36. The lowest BCUT2D eigenvalue weighted by atomic mass is 9.99. The van der Waals surface area contributed by atoms with Gasteiger partial charge in [-0.1, -0.05) is 0 Å². The molecule has 1 aliphatic rings. The minimum absolute atomic E-state index is 0.0284. The molecule has 3 nitrogen and oxygen atoms in total. The first kappa shape index (κ1) is 11.4. The predicted molar refractivity (Wildman–Crippen MR) is 60.6 cm³/mol. The number of phenols is 1. The highest BCUT2D eigenvalue weighted by molar-refractivity contribution is 5.31. The molecule has 2 atom stereocenters. The van der Waals surface area contributed by atoms with Gasteiger partial charge in [0.25, 0.3) is 0 Å². The average molecular weight is 224 g/mol. The molecule has 3 N–H and O–H groups in total. The standard InChI is InChI=1S/C12H17FN2O/c1-15-7-8(6-14)4-12(15)10-5-9(16)2-3-11(10)13/h2-3,5,8,12,16H,4,6-7,14H2,1H3. The molecule has 0 radical (unpaired) electrons. The number of hydrogen-bond donors (Lipinski definition) is 2. The van der Waals surface area contributed by atoms with E-state index >= 15 is 0 Å². The molecule has 1 aromatic rings. The number of rotatable bonds is 2. The van der Waals surface area contributed by atoms with Crippen molar-refractivity contribution < 1.29 is 9.50 Å². The van der Waals surface area contributed by atoms with Gasteiger partial charge in [0.2, 0.25) is 0 Å². The lowest BCUT2D eigenvalue weighted by molar-refractivity contribution is 0.306. The number of aromatic hydroxyl groups is 1. The summed E-state index contributed by atoms with van der Waals surface area (Å²) >= 11 is 0. The van der Waals surface area contributed by atoms with Crippen molar-refractivity contribution in [2.75, 3.05) is 20.1 Å². The molecule has 1 aliphatic heterocycles. The topological polar surface area (TPSA) is 49.5 Å². The summed E-state index contributed by atoms with van der Waals surface area (Å²) in [5, 5.41) is 9.40. The molecule has 1 heterocycles. The third-order valence-electron chi connectivity index (χ3n) is 3.31. The number of hydrogen-bond acceptors (Lipinski definition) is 3. The largest absolute Gasteiger partial charge is 0.508 e. The van der Waals surface area contributed by atoms with Crippen molar-refractivity contribution in [2.24, 2.45) is 11.7 Å². The molecule has 1 aromatic carbocycles. The summed E-state index contributed by atoms with van der Waals surface area (Å²) in [7, 11) is 1.96. The molecule has 0 aromatic heterocycles. The Hall–Kier alpha value is -1.13. The van der Waals surface area contributed by atoms with Gasteiger partial charge in [-0.05, 0) is 44.1 Å². The summed E-state index contributed by atoms with van der Waals surface area (Å²) in [5.74, 6) is 0.269. The summed E-state index contributed by atoms with van der Waals surface area (Å²) in [4.78, 5) is 2.09. The van der Waals surface area contributed by atoms with Crippen LogP contribution in [0.5, 0.6) is 5.75 Å². The smallest absolute Gasteiger partial charge is 0.128 e. The van der Waals surface area contributed by atoms with Crippen molar-refractivity contribution in [3.8, 4) is 5.75 Å².